The zero-order chi connectivity index (χ0) is 13.7. The maximum absolute atomic E-state index is 12.2. The van der Waals surface area contributed by atoms with E-state index in [-0.39, 0.29) is 11.5 Å². The Hall–Kier alpha value is -0.250. The van der Waals surface area contributed by atoms with Crippen molar-refractivity contribution in [1.82, 2.24) is 0 Å². The Morgan fingerprint density at radius 3 is 2.00 bits per heavy atom. The zero-order valence-electron chi connectivity index (χ0n) is 11.5. The summed E-state index contributed by atoms with van der Waals surface area (Å²) in [6.45, 7) is 8.88. The van der Waals surface area contributed by atoms with E-state index in [1.165, 1.54) is 0 Å². The van der Waals surface area contributed by atoms with E-state index in [0.717, 1.165) is 12.8 Å². The summed E-state index contributed by atoms with van der Waals surface area (Å²) in [6, 6.07) is 0. The molecule has 0 bridgehead atoms. The van der Waals surface area contributed by atoms with Crippen molar-refractivity contribution in [2.24, 2.45) is 11.3 Å². The van der Waals surface area contributed by atoms with Crippen LogP contribution in [0.15, 0.2) is 0 Å². The van der Waals surface area contributed by atoms with Gasteiger partial charge in [-0.2, -0.15) is 13.2 Å². The highest BCUT2D eigenvalue weighted by molar-refractivity contribution is 4.80. The molecule has 0 aliphatic heterocycles. The summed E-state index contributed by atoms with van der Waals surface area (Å²) in [7, 11) is 0. The van der Waals surface area contributed by atoms with Crippen LogP contribution in [0, 0.1) is 11.3 Å². The van der Waals surface area contributed by atoms with Crippen molar-refractivity contribution in [3.8, 4) is 0 Å². The van der Waals surface area contributed by atoms with E-state index in [2.05, 4.69) is 0 Å². The van der Waals surface area contributed by atoms with Crippen LogP contribution in [-0.4, -0.2) is 18.9 Å². The van der Waals surface area contributed by atoms with Gasteiger partial charge >= 0.3 is 6.18 Å². The van der Waals surface area contributed by atoms with Crippen molar-refractivity contribution in [3.63, 3.8) is 0 Å². The smallest absolute Gasteiger partial charge is 0.368 e. The summed E-state index contributed by atoms with van der Waals surface area (Å²) >= 11 is 0. The molecule has 0 aromatic heterocycles. The summed E-state index contributed by atoms with van der Waals surface area (Å²) in [5.41, 5.74) is -0.204. The Kier molecular flexibility index (Phi) is 6.52. The van der Waals surface area contributed by atoms with Gasteiger partial charge in [-0.05, 0) is 24.2 Å². The molecule has 0 heterocycles. The molecule has 0 aliphatic rings. The molecule has 4 heteroatoms. The van der Waals surface area contributed by atoms with Crippen LogP contribution in [0.4, 0.5) is 13.2 Å². The quantitative estimate of drug-likeness (QED) is 0.633. The molecule has 1 atom stereocenters. The zero-order valence-corrected chi connectivity index (χ0v) is 11.5. The molecule has 0 aromatic carbocycles. The number of hydrogen-bond acceptors (Lipinski definition) is 1. The van der Waals surface area contributed by atoms with Gasteiger partial charge < -0.3 is 4.74 Å². The lowest BCUT2D eigenvalue weighted by atomic mass is 9.78. The van der Waals surface area contributed by atoms with Gasteiger partial charge in [0.05, 0.1) is 6.10 Å². The van der Waals surface area contributed by atoms with Gasteiger partial charge in [0, 0.05) is 0 Å². The van der Waals surface area contributed by atoms with E-state index in [0.29, 0.717) is 12.3 Å². The van der Waals surface area contributed by atoms with E-state index < -0.39 is 12.8 Å². The second-order valence-corrected chi connectivity index (χ2v) is 5.78. The first-order valence-electron chi connectivity index (χ1n) is 6.27. The molecule has 0 saturated heterocycles. The third kappa shape index (κ3) is 7.63. The highest BCUT2D eigenvalue weighted by atomic mass is 19.4. The molecule has 0 rings (SSSR count). The van der Waals surface area contributed by atoms with Crippen LogP contribution in [0.5, 0.6) is 0 Å². The fraction of sp³-hybridized carbons (Fsp3) is 1.00. The molecule has 0 saturated carbocycles. The first-order valence-corrected chi connectivity index (χ1v) is 6.27. The minimum atomic E-state index is -4.24. The van der Waals surface area contributed by atoms with Crippen LogP contribution < -0.4 is 0 Å². The molecule has 1 nitrogen and oxygen atoms in total. The number of rotatable bonds is 7. The second kappa shape index (κ2) is 6.62. The lowest BCUT2D eigenvalue weighted by Crippen LogP contribution is -2.36. The van der Waals surface area contributed by atoms with Crippen LogP contribution in [0.25, 0.3) is 0 Å². The molecule has 0 fully saturated rings. The maximum Gasteiger partial charge on any atom is 0.411 e. The van der Waals surface area contributed by atoms with Crippen molar-refractivity contribution >= 4 is 0 Å². The van der Waals surface area contributed by atoms with Crippen LogP contribution in [0.1, 0.15) is 53.9 Å². The van der Waals surface area contributed by atoms with Crippen molar-refractivity contribution < 1.29 is 17.9 Å². The first-order chi connectivity index (χ1) is 7.58. The number of hydrogen-bond donors (Lipinski definition) is 0. The average molecular weight is 254 g/mol. The third-order valence-electron chi connectivity index (χ3n) is 2.90. The van der Waals surface area contributed by atoms with E-state index in [9.17, 15) is 13.2 Å². The minimum Gasteiger partial charge on any atom is -0.368 e. The Balaban J connectivity index is 4.53. The van der Waals surface area contributed by atoms with Gasteiger partial charge in [-0.3, -0.25) is 0 Å². The highest BCUT2D eigenvalue weighted by Gasteiger charge is 2.35. The molecule has 0 amide bonds. The predicted molar refractivity (Wildman–Crippen MR) is 63.9 cm³/mol. The molecular formula is C13H25F3O. The molecule has 0 N–H and O–H groups in total. The van der Waals surface area contributed by atoms with Crippen molar-refractivity contribution in [2.45, 2.75) is 66.2 Å². The first kappa shape index (κ1) is 16.8. The molecule has 104 valence electrons. The summed E-state index contributed by atoms with van der Waals surface area (Å²) in [5.74, 6) is 0.337. The van der Waals surface area contributed by atoms with Gasteiger partial charge in [-0.25, -0.2) is 0 Å². The molecule has 0 aliphatic carbocycles. The fourth-order valence-corrected chi connectivity index (χ4v) is 2.04. The van der Waals surface area contributed by atoms with E-state index in [1.807, 2.05) is 34.6 Å². The summed E-state index contributed by atoms with van der Waals surface area (Å²) in [6.07, 6.45) is -2.07. The monoisotopic (exact) mass is 254 g/mol. The normalized spacial score (nSPS) is 15.4. The fourth-order valence-electron chi connectivity index (χ4n) is 2.04. The predicted octanol–water partition coefficient (Wildman–Crippen LogP) is 4.81. The van der Waals surface area contributed by atoms with E-state index >= 15 is 0 Å². The second-order valence-electron chi connectivity index (χ2n) is 5.78. The standard InChI is InChI=1S/C13H25F3O/c1-6-7-12(4,5)11(8-10(2)3)17-9-13(14,15)16/h10-11H,6-9H2,1-5H3. The van der Waals surface area contributed by atoms with Gasteiger partial charge in [0.25, 0.3) is 0 Å². The summed E-state index contributed by atoms with van der Waals surface area (Å²) < 4.78 is 41.7. The highest BCUT2D eigenvalue weighted by Crippen LogP contribution is 2.34. The van der Waals surface area contributed by atoms with E-state index in [1.54, 1.807) is 0 Å². The van der Waals surface area contributed by atoms with Gasteiger partial charge in [0.2, 0.25) is 0 Å². The number of ether oxygens (including phenoxy) is 1. The molecular weight excluding hydrogens is 229 g/mol. The van der Waals surface area contributed by atoms with Gasteiger partial charge in [-0.15, -0.1) is 0 Å². The van der Waals surface area contributed by atoms with E-state index in [4.69, 9.17) is 4.74 Å². The van der Waals surface area contributed by atoms with Gasteiger partial charge in [0.15, 0.2) is 0 Å². The summed E-state index contributed by atoms with van der Waals surface area (Å²) in [4.78, 5) is 0. The summed E-state index contributed by atoms with van der Waals surface area (Å²) in [5, 5.41) is 0. The van der Waals surface area contributed by atoms with Crippen LogP contribution >= 0.6 is 0 Å². The van der Waals surface area contributed by atoms with Gasteiger partial charge in [-0.1, -0.05) is 41.0 Å². The van der Waals surface area contributed by atoms with Gasteiger partial charge in [0.1, 0.15) is 6.61 Å². The lowest BCUT2D eigenvalue weighted by Gasteiger charge is -2.35. The number of halogens is 3. The van der Waals surface area contributed by atoms with Crippen molar-refractivity contribution in [2.75, 3.05) is 6.61 Å². The largest absolute Gasteiger partial charge is 0.411 e. The Bertz CT molecular complexity index is 209. The average Bonchev–Trinajstić information content (AvgIpc) is 2.09. The number of alkyl halides is 3. The van der Waals surface area contributed by atoms with Crippen molar-refractivity contribution in [3.05, 3.63) is 0 Å². The van der Waals surface area contributed by atoms with Crippen LogP contribution in [0.3, 0.4) is 0 Å². The minimum absolute atomic E-state index is 0.204. The molecule has 0 aromatic rings. The SMILES string of the molecule is CCCC(C)(C)C(CC(C)C)OCC(F)(F)F. The maximum atomic E-state index is 12.2. The van der Waals surface area contributed by atoms with Crippen LogP contribution in [0.2, 0.25) is 0 Å². The third-order valence-corrected chi connectivity index (χ3v) is 2.90. The molecule has 0 radical (unpaired) electrons. The molecule has 17 heavy (non-hydrogen) atoms. The molecule has 0 spiro atoms. The van der Waals surface area contributed by atoms with Crippen LogP contribution in [-0.2, 0) is 4.74 Å². The Labute approximate surface area is 103 Å². The lowest BCUT2D eigenvalue weighted by molar-refractivity contribution is -0.198. The Morgan fingerprint density at radius 1 is 1.12 bits per heavy atom. The molecule has 1 unspecified atom stereocenters. The Morgan fingerprint density at radius 2 is 1.65 bits per heavy atom. The van der Waals surface area contributed by atoms with Crippen molar-refractivity contribution in [1.29, 1.82) is 0 Å². The topological polar surface area (TPSA) is 9.23 Å².